The molecule has 6 heteroatoms. The molecule has 0 aromatic carbocycles. The van der Waals surface area contributed by atoms with E-state index < -0.39 is 6.10 Å². The van der Waals surface area contributed by atoms with Crippen LogP contribution in [0.1, 0.15) is 303 Å². The molecule has 0 saturated carbocycles. The largest absolute Gasteiger partial charge is 0.462 e. The predicted octanol–water partition coefficient (Wildman–Crippen LogP) is 22.2. The van der Waals surface area contributed by atoms with Crippen molar-refractivity contribution in [3.8, 4) is 0 Å². The standard InChI is InChI=1S/C71H120O6/c1-4-7-10-13-16-19-22-25-28-29-30-31-32-33-34-35-36-37-38-39-40-41-44-46-49-52-55-58-61-64-70(73)76-67-68(77-71(74)65-62-59-56-53-50-47-43-27-24-21-18-15-12-9-6-3)66-75-69(72)63-60-57-54-51-48-45-42-26-23-20-17-14-11-8-5-2/h7,9-10,12,16,18-19,21,25-28,30-31,42-43,50,53,68H,4-6,8,11,13-15,17,20,22-24,29,32-41,44-49,51-52,54-67H2,1-3H3/b10-7-,12-9-,19-16-,21-18-,28-25-,31-30-,42-26-,43-27-,53-50-. The third-order valence-corrected chi connectivity index (χ3v) is 13.7. The molecule has 0 saturated heterocycles. The van der Waals surface area contributed by atoms with Gasteiger partial charge in [0.1, 0.15) is 13.2 Å². The quantitative estimate of drug-likeness (QED) is 0.0261. The van der Waals surface area contributed by atoms with Gasteiger partial charge in [-0.15, -0.1) is 0 Å². The predicted molar refractivity (Wildman–Crippen MR) is 334 cm³/mol. The van der Waals surface area contributed by atoms with Crippen molar-refractivity contribution in [1.82, 2.24) is 0 Å². The monoisotopic (exact) mass is 1070 g/mol. The first-order chi connectivity index (χ1) is 38.0. The normalized spacial score (nSPS) is 12.8. The highest BCUT2D eigenvalue weighted by Gasteiger charge is 2.19. The van der Waals surface area contributed by atoms with Gasteiger partial charge in [-0.3, -0.25) is 14.4 Å². The zero-order valence-corrected chi connectivity index (χ0v) is 50.4. The summed E-state index contributed by atoms with van der Waals surface area (Å²) >= 11 is 0. The summed E-state index contributed by atoms with van der Waals surface area (Å²) in [7, 11) is 0. The third kappa shape index (κ3) is 62.8. The Hall–Kier alpha value is -3.93. The van der Waals surface area contributed by atoms with E-state index in [2.05, 4.69) is 130 Å². The van der Waals surface area contributed by atoms with Gasteiger partial charge in [0.15, 0.2) is 6.10 Å². The van der Waals surface area contributed by atoms with Gasteiger partial charge in [-0.05, 0) is 122 Å². The van der Waals surface area contributed by atoms with E-state index in [1.165, 1.54) is 148 Å². The van der Waals surface area contributed by atoms with Crippen molar-refractivity contribution in [3.05, 3.63) is 109 Å². The molecule has 0 radical (unpaired) electrons. The summed E-state index contributed by atoms with van der Waals surface area (Å²) in [4.78, 5) is 38.3. The number of unbranched alkanes of at least 4 members (excludes halogenated alkanes) is 29. The molecular formula is C71H120O6. The van der Waals surface area contributed by atoms with Gasteiger partial charge < -0.3 is 14.2 Å². The Kier molecular flexibility index (Phi) is 61.3. The molecule has 0 aliphatic heterocycles. The fourth-order valence-corrected chi connectivity index (χ4v) is 8.95. The summed E-state index contributed by atoms with van der Waals surface area (Å²) < 4.78 is 16.9. The molecule has 0 aromatic rings. The minimum atomic E-state index is -0.804. The zero-order chi connectivity index (χ0) is 55.7. The maximum absolute atomic E-state index is 12.9. The van der Waals surface area contributed by atoms with Crippen LogP contribution in [0.25, 0.3) is 0 Å². The summed E-state index contributed by atoms with van der Waals surface area (Å²) in [5, 5.41) is 0. The first-order valence-electron chi connectivity index (χ1n) is 32.4. The van der Waals surface area contributed by atoms with Gasteiger partial charge in [-0.1, -0.05) is 271 Å². The van der Waals surface area contributed by atoms with Crippen LogP contribution in [0.3, 0.4) is 0 Å². The average molecular weight is 1070 g/mol. The molecule has 6 nitrogen and oxygen atoms in total. The molecule has 0 amide bonds. The Balaban J connectivity index is 4.28. The van der Waals surface area contributed by atoms with Gasteiger partial charge >= 0.3 is 17.9 Å². The van der Waals surface area contributed by atoms with Crippen LogP contribution in [0.4, 0.5) is 0 Å². The Morgan fingerprint density at radius 1 is 0.273 bits per heavy atom. The third-order valence-electron chi connectivity index (χ3n) is 13.7. The van der Waals surface area contributed by atoms with Gasteiger partial charge in [0, 0.05) is 19.3 Å². The van der Waals surface area contributed by atoms with E-state index in [-0.39, 0.29) is 37.5 Å². The second-order valence-electron chi connectivity index (χ2n) is 21.3. The highest BCUT2D eigenvalue weighted by molar-refractivity contribution is 5.71. The van der Waals surface area contributed by atoms with Gasteiger partial charge in [0.2, 0.25) is 0 Å². The Bertz CT molecular complexity index is 1560. The maximum Gasteiger partial charge on any atom is 0.306 e. The van der Waals surface area contributed by atoms with Crippen molar-refractivity contribution in [2.24, 2.45) is 0 Å². The van der Waals surface area contributed by atoms with Crippen molar-refractivity contribution in [2.45, 2.75) is 309 Å². The smallest absolute Gasteiger partial charge is 0.306 e. The fourth-order valence-electron chi connectivity index (χ4n) is 8.95. The second kappa shape index (κ2) is 64.6. The number of esters is 3. The summed E-state index contributed by atoms with van der Waals surface area (Å²) in [6.45, 7) is 6.39. The van der Waals surface area contributed by atoms with Crippen LogP contribution < -0.4 is 0 Å². The molecule has 0 heterocycles. The molecule has 0 aliphatic carbocycles. The second-order valence-corrected chi connectivity index (χ2v) is 21.3. The summed E-state index contributed by atoms with van der Waals surface area (Å²) in [5.41, 5.74) is 0. The molecule has 0 spiro atoms. The minimum Gasteiger partial charge on any atom is -0.462 e. The van der Waals surface area contributed by atoms with Gasteiger partial charge in [0.05, 0.1) is 0 Å². The van der Waals surface area contributed by atoms with E-state index in [0.717, 1.165) is 109 Å². The van der Waals surface area contributed by atoms with E-state index in [9.17, 15) is 14.4 Å². The molecule has 1 unspecified atom stereocenters. The highest BCUT2D eigenvalue weighted by Crippen LogP contribution is 2.16. The Morgan fingerprint density at radius 2 is 0.506 bits per heavy atom. The first kappa shape index (κ1) is 73.1. The molecule has 0 aliphatic rings. The lowest BCUT2D eigenvalue weighted by molar-refractivity contribution is -0.167. The van der Waals surface area contributed by atoms with Crippen LogP contribution in [0.15, 0.2) is 109 Å². The van der Waals surface area contributed by atoms with Gasteiger partial charge in [-0.2, -0.15) is 0 Å². The topological polar surface area (TPSA) is 78.9 Å². The van der Waals surface area contributed by atoms with Crippen LogP contribution >= 0.6 is 0 Å². The number of allylic oxidation sites excluding steroid dienone is 18. The van der Waals surface area contributed by atoms with Crippen molar-refractivity contribution < 1.29 is 28.6 Å². The van der Waals surface area contributed by atoms with E-state index >= 15 is 0 Å². The van der Waals surface area contributed by atoms with E-state index in [1.54, 1.807) is 0 Å². The average Bonchev–Trinajstić information content (AvgIpc) is 3.43. The Labute approximate surface area is 476 Å². The van der Waals surface area contributed by atoms with Crippen molar-refractivity contribution in [1.29, 1.82) is 0 Å². The molecule has 0 N–H and O–H groups in total. The molecule has 0 rings (SSSR count). The van der Waals surface area contributed by atoms with Crippen molar-refractivity contribution in [2.75, 3.05) is 13.2 Å². The van der Waals surface area contributed by atoms with Gasteiger partial charge in [0.25, 0.3) is 0 Å². The number of carbonyl (C=O) groups excluding carboxylic acids is 3. The number of ether oxygens (including phenoxy) is 3. The maximum atomic E-state index is 12.9. The zero-order valence-electron chi connectivity index (χ0n) is 50.4. The van der Waals surface area contributed by atoms with E-state index in [1.807, 2.05) is 0 Å². The molecular weight excluding hydrogens is 949 g/mol. The molecule has 0 aromatic heterocycles. The van der Waals surface area contributed by atoms with Crippen molar-refractivity contribution in [3.63, 3.8) is 0 Å². The molecule has 0 bridgehead atoms. The highest BCUT2D eigenvalue weighted by atomic mass is 16.6. The molecule has 0 fully saturated rings. The van der Waals surface area contributed by atoms with Gasteiger partial charge in [-0.25, -0.2) is 0 Å². The number of hydrogen-bond acceptors (Lipinski definition) is 6. The van der Waals surface area contributed by atoms with Crippen LogP contribution in [0.2, 0.25) is 0 Å². The first-order valence-corrected chi connectivity index (χ1v) is 32.4. The summed E-state index contributed by atoms with van der Waals surface area (Å²) in [5.74, 6) is -0.939. The number of hydrogen-bond donors (Lipinski definition) is 0. The van der Waals surface area contributed by atoms with Crippen LogP contribution in [0.5, 0.6) is 0 Å². The minimum absolute atomic E-state index is 0.0963. The SMILES string of the molecule is CC/C=C\C/C=C\C/C=C\C/C=C\CCCCCCCCCCCCCCCCCCC(=O)OCC(COC(=O)CCCCCCC/C=C\CCCCCCCC)OC(=O)CCCC/C=C\C/C=C\C/C=C\C/C=C\CC. The number of rotatable bonds is 58. The van der Waals surface area contributed by atoms with E-state index in [4.69, 9.17) is 14.2 Å². The summed E-state index contributed by atoms with van der Waals surface area (Å²) in [6.07, 6.45) is 88.2. The number of carbonyl (C=O) groups is 3. The molecule has 77 heavy (non-hydrogen) atoms. The van der Waals surface area contributed by atoms with Crippen molar-refractivity contribution >= 4 is 17.9 Å². The lowest BCUT2D eigenvalue weighted by Crippen LogP contribution is -2.30. The lowest BCUT2D eigenvalue weighted by atomic mass is 10.0. The lowest BCUT2D eigenvalue weighted by Gasteiger charge is -2.18. The van der Waals surface area contributed by atoms with Crippen LogP contribution in [0, 0.1) is 0 Å². The Morgan fingerprint density at radius 3 is 0.831 bits per heavy atom. The fraction of sp³-hybridized carbons (Fsp3) is 0.704. The molecule has 440 valence electrons. The summed E-state index contributed by atoms with van der Waals surface area (Å²) in [6, 6.07) is 0. The molecule has 1 atom stereocenters. The van der Waals surface area contributed by atoms with Crippen LogP contribution in [-0.2, 0) is 28.6 Å². The van der Waals surface area contributed by atoms with Crippen LogP contribution in [-0.4, -0.2) is 37.2 Å². The van der Waals surface area contributed by atoms with E-state index in [0.29, 0.717) is 19.3 Å².